The van der Waals surface area contributed by atoms with Crippen LogP contribution in [-0.4, -0.2) is 55.0 Å². The zero-order valence-corrected chi connectivity index (χ0v) is 14.4. The van der Waals surface area contributed by atoms with Gasteiger partial charge in [-0.2, -0.15) is 0 Å². The van der Waals surface area contributed by atoms with E-state index < -0.39 is 0 Å². The Morgan fingerprint density at radius 1 is 0.880 bits per heavy atom. The van der Waals surface area contributed by atoms with E-state index in [2.05, 4.69) is 4.90 Å². The summed E-state index contributed by atoms with van der Waals surface area (Å²) >= 11 is 0. The SMILES string of the molecule is COC(=O)c1ccc(CN2CCN(C(=O)c3ccccc3)CC2)cc1. The van der Waals surface area contributed by atoms with Gasteiger partial charge >= 0.3 is 5.97 Å². The normalized spacial score (nSPS) is 15.0. The van der Waals surface area contributed by atoms with E-state index in [1.807, 2.05) is 47.4 Å². The van der Waals surface area contributed by atoms with Crippen molar-refractivity contribution in [3.8, 4) is 0 Å². The van der Waals surface area contributed by atoms with Gasteiger partial charge in [0.2, 0.25) is 0 Å². The molecule has 1 saturated heterocycles. The number of rotatable bonds is 4. The van der Waals surface area contributed by atoms with E-state index in [9.17, 15) is 9.59 Å². The molecule has 2 aromatic rings. The van der Waals surface area contributed by atoms with Gasteiger partial charge in [-0.05, 0) is 29.8 Å². The molecular formula is C20H22N2O3. The summed E-state index contributed by atoms with van der Waals surface area (Å²) in [6.07, 6.45) is 0. The Morgan fingerprint density at radius 2 is 1.52 bits per heavy atom. The quantitative estimate of drug-likeness (QED) is 0.804. The van der Waals surface area contributed by atoms with Crippen molar-refractivity contribution in [3.05, 3.63) is 71.3 Å². The average molecular weight is 338 g/mol. The Hall–Kier alpha value is -2.66. The predicted octanol–water partition coefficient (Wildman–Crippen LogP) is 2.43. The highest BCUT2D eigenvalue weighted by Crippen LogP contribution is 2.13. The maximum absolute atomic E-state index is 12.5. The average Bonchev–Trinajstić information content (AvgIpc) is 2.68. The van der Waals surface area contributed by atoms with Crippen molar-refractivity contribution >= 4 is 11.9 Å². The van der Waals surface area contributed by atoms with E-state index >= 15 is 0 Å². The van der Waals surface area contributed by atoms with Crippen LogP contribution in [0.15, 0.2) is 54.6 Å². The Kier molecular flexibility index (Phi) is 5.46. The van der Waals surface area contributed by atoms with Crippen LogP contribution in [0, 0.1) is 0 Å². The first-order valence-electron chi connectivity index (χ1n) is 8.41. The topological polar surface area (TPSA) is 49.9 Å². The molecule has 0 atom stereocenters. The number of piperazine rings is 1. The lowest BCUT2D eigenvalue weighted by Gasteiger charge is -2.34. The van der Waals surface area contributed by atoms with E-state index in [4.69, 9.17) is 4.74 Å². The molecule has 1 aliphatic rings. The summed E-state index contributed by atoms with van der Waals surface area (Å²) in [6, 6.07) is 16.9. The van der Waals surface area contributed by atoms with E-state index in [0.717, 1.165) is 43.9 Å². The monoisotopic (exact) mass is 338 g/mol. The molecule has 25 heavy (non-hydrogen) atoms. The van der Waals surface area contributed by atoms with Gasteiger partial charge in [-0.3, -0.25) is 9.69 Å². The van der Waals surface area contributed by atoms with E-state index in [0.29, 0.717) is 5.56 Å². The highest BCUT2D eigenvalue weighted by atomic mass is 16.5. The lowest BCUT2D eigenvalue weighted by Crippen LogP contribution is -2.48. The highest BCUT2D eigenvalue weighted by molar-refractivity contribution is 5.94. The number of ether oxygens (including phenoxy) is 1. The van der Waals surface area contributed by atoms with Crippen molar-refractivity contribution in [2.45, 2.75) is 6.54 Å². The second-order valence-electron chi connectivity index (χ2n) is 6.12. The molecule has 0 aliphatic carbocycles. The van der Waals surface area contributed by atoms with Gasteiger partial charge in [-0.15, -0.1) is 0 Å². The number of methoxy groups -OCH3 is 1. The molecule has 5 nitrogen and oxygen atoms in total. The number of esters is 1. The third-order valence-corrected chi connectivity index (χ3v) is 4.46. The molecule has 1 heterocycles. The first-order valence-corrected chi connectivity index (χ1v) is 8.41. The fourth-order valence-electron chi connectivity index (χ4n) is 2.99. The molecule has 1 fully saturated rings. The van der Waals surface area contributed by atoms with Gasteiger partial charge < -0.3 is 9.64 Å². The number of amides is 1. The van der Waals surface area contributed by atoms with Crippen LogP contribution in [0.4, 0.5) is 0 Å². The third-order valence-electron chi connectivity index (χ3n) is 4.46. The standard InChI is InChI=1S/C20H22N2O3/c1-25-20(24)18-9-7-16(8-10-18)15-21-11-13-22(14-12-21)19(23)17-5-3-2-4-6-17/h2-10H,11-15H2,1H3. The number of hydrogen-bond acceptors (Lipinski definition) is 4. The summed E-state index contributed by atoms with van der Waals surface area (Å²) in [5.74, 6) is -0.220. The lowest BCUT2D eigenvalue weighted by atomic mass is 10.1. The Bertz CT molecular complexity index is 720. The maximum atomic E-state index is 12.5. The molecular weight excluding hydrogens is 316 g/mol. The number of nitrogens with zero attached hydrogens (tertiary/aromatic N) is 2. The zero-order valence-electron chi connectivity index (χ0n) is 14.4. The summed E-state index contributed by atoms with van der Waals surface area (Å²) in [4.78, 5) is 28.1. The van der Waals surface area contributed by atoms with E-state index in [-0.39, 0.29) is 11.9 Å². The smallest absolute Gasteiger partial charge is 0.337 e. The summed E-state index contributed by atoms with van der Waals surface area (Å²) in [5.41, 5.74) is 2.45. The van der Waals surface area contributed by atoms with Crippen molar-refractivity contribution in [3.63, 3.8) is 0 Å². The molecule has 1 amide bonds. The molecule has 5 heteroatoms. The molecule has 0 radical (unpaired) electrons. The molecule has 0 saturated carbocycles. The second kappa shape index (κ2) is 7.94. The predicted molar refractivity (Wildman–Crippen MR) is 95.4 cm³/mol. The van der Waals surface area contributed by atoms with Crippen molar-refractivity contribution in [2.75, 3.05) is 33.3 Å². The van der Waals surface area contributed by atoms with Gasteiger partial charge in [0, 0.05) is 38.3 Å². The molecule has 0 spiro atoms. The minimum atomic E-state index is -0.320. The first-order chi connectivity index (χ1) is 12.2. The summed E-state index contributed by atoms with van der Waals surface area (Å²) in [7, 11) is 1.38. The Labute approximate surface area is 147 Å². The molecule has 1 aliphatic heterocycles. The van der Waals surface area contributed by atoms with Gasteiger partial charge in [0.25, 0.3) is 5.91 Å². The van der Waals surface area contributed by atoms with Crippen molar-refractivity contribution in [1.82, 2.24) is 9.80 Å². The number of carbonyl (C=O) groups excluding carboxylic acids is 2. The Balaban J connectivity index is 1.52. The van der Waals surface area contributed by atoms with Crippen molar-refractivity contribution in [2.24, 2.45) is 0 Å². The molecule has 0 N–H and O–H groups in total. The van der Waals surface area contributed by atoms with Gasteiger partial charge in [0.05, 0.1) is 12.7 Å². The van der Waals surface area contributed by atoms with Crippen LogP contribution >= 0.6 is 0 Å². The largest absolute Gasteiger partial charge is 0.465 e. The van der Waals surface area contributed by atoms with Crippen LogP contribution < -0.4 is 0 Å². The van der Waals surface area contributed by atoms with Crippen LogP contribution in [-0.2, 0) is 11.3 Å². The van der Waals surface area contributed by atoms with E-state index in [1.54, 1.807) is 12.1 Å². The highest BCUT2D eigenvalue weighted by Gasteiger charge is 2.22. The molecule has 3 rings (SSSR count). The maximum Gasteiger partial charge on any atom is 0.337 e. The molecule has 130 valence electrons. The second-order valence-corrected chi connectivity index (χ2v) is 6.12. The third kappa shape index (κ3) is 4.25. The fraction of sp³-hybridized carbons (Fsp3) is 0.300. The van der Waals surface area contributed by atoms with Crippen LogP contribution in [0.3, 0.4) is 0 Å². The Morgan fingerprint density at radius 3 is 2.12 bits per heavy atom. The summed E-state index contributed by atoms with van der Waals surface area (Å²) in [5, 5.41) is 0. The van der Waals surface area contributed by atoms with Gasteiger partial charge in [0.1, 0.15) is 0 Å². The lowest BCUT2D eigenvalue weighted by molar-refractivity contribution is 0.0599. The van der Waals surface area contributed by atoms with Crippen LogP contribution in [0.2, 0.25) is 0 Å². The van der Waals surface area contributed by atoms with E-state index in [1.165, 1.54) is 7.11 Å². The molecule has 0 bridgehead atoms. The molecule has 0 unspecified atom stereocenters. The fourth-order valence-corrected chi connectivity index (χ4v) is 2.99. The van der Waals surface area contributed by atoms with Crippen molar-refractivity contribution < 1.29 is 14.3 Å². The van der Waals surface area contributed by atoms with Crippen molar-refractivity contribution in [1.29, 1.82) is 0 Å². The van der Waals surface area contributed by atoms with Gasteiger partial charge in [-0.1, -0.05) is 30.3 Å². The van der Waals surface area contributed by atoms with Crippen LogP contribution in [0.1, 0.15) is 26.3 Å². The number of benzene rings is 2. The first kappa shape index (κ1) is 17.2. The number of hydrogen-bond donors (Lipinski definition) is 0. The molecule has 0 aromatic heterocycles. The zero-order chi connectivity index (χ0) is 17.6. The van der Waals surface area contributed by atoms with Crippen LogP contribution in [0.25, 0.3) is 0 Å². The van der Waals surface area contributed by atoms with Gasteiger partial charge in [-0.25, -0.2) is 4.79 Å². The summed E-state index contributed by atoms with van der Waals surface area (Å²) in [6.45, 7) is 3.96. The number of carbonyl (C=O) groups is 2. The summed E-state index contributed by atoms with van der Waals surface area (Å²) < 4.78 is 4.71. The van der Waals surface area contributed by atoms with Gasteiger partial charge in [0.15, 0.2) is 0 Å². The molecule has 2 aromatic carbocycles. The van der Waals surface area contributed by atoms with Crippen LogP contribution in [0.5, 0.6) is 0 Å². The minimum Gasteiger partial charge on any atom is -0.465 e. The minimum absolute atomic E-state index is 0.0997.